The van der Waals surface area contributed by atoms with Gasteiger partial charge in [-0.3, -0.25) is 9.97 Å². The number of benzene rings is 12. The summed E-state index contributed by atoms with van der Waals surface area (Å²) in [5.41, 5.74) is 23.8. The zero-order valence-electron chi connectivity index (χ0n) is 76.3. The molecule has 20 heteroatoms. The minimum absolute atomic E-state index is 0.219. The van der Waals surface area contributed by atoms with Crippen molar-refractivity contribution in [1.82, 2.24) is 59.8 Å². The molecule has 13 nitrogen and oxygen atoms in total. The molecule has 0 N–H and O–H groups in total. The molecule has 0 aliphatic heterocycles. The summed E-state index contributed by atoms with van der Waals surface area (Å²) in [5, 5.41) is 8.60. The summed E-state index contributed by atoms with van der Waals surface area (Å²) in [5.74, 6) is 4.14. The molecule has 0 saturated carbocycles. The standard InChI is InChI=1S/C20H18N2S.C18H14N2S.2C18H13NS.C17H12N2OS.2C12H10N2S/c1-13-18-17(15-11-7-8-12-16(15)23-18)22-19(21-13)20(2,3)14-9-5-4-6-10-14;1-11-7-9-13(10-8-11)18-19-12(2)17-16(20-18)14-5-3-4-6-15(14)21-17;1-12-9-10-19-17-15-11-14(13-5-3-2-4-6-13)7-8-16(15)20-18(12)17;1-12-9-10-19-17-15-8-7-14(11-16(15)20-18(12)17)13-5-3-2-4-6-13;1-11-16-15(13-9-5-6-10-14(13)21-16)19-17(18-11)20-12-7-3-2-4-8-12;2*1-7-12-11(14-8(2)13-7)9-5-3-4-6-10(9)15-12/h4-12H,1-3H3;3-10H,1-2H3;2*2-11H,1H3;2-10H,1H3;2*3-6H,1-2H3. The predicted octanol–water partition coefficient (Wildman–Crippen LogP) is 33.3. The van der Waals surface area contributed by atoms with Crippen LogP contribution < -0.4 is 4.74 Å². The van der Waals surface area contributed by atoms with Crippen LogP contribution in [0.3, 0.4) is 0 Å². The quantitative estimate of drug-likeness (QED) is 0.148. The van der Waals surface area contributed by atoms with E-state index in [1.54, 1.807) is 56.7 Å². The van der Waals surface area contributed by atoms with Crippen LogP contribution in [-0.4, -0.2) is 59.8 Å². The molecule has 0 aliphatic carbocycles. The molecule has 14 aromatic heterocycles. The second-order valence-electron chi connectivity index (χ2n) is 33.7. The lowest BCUT2D eigenvalue weighted by Gasteiger charge is -2.24. The number of pyridine rings is 2. The largest absolute Gasteiger partial charge is 0.424 e. The van der Waals surface area contributed by atoms with E-state index < -0.39 is 0 Å². The third-order valence-electron chi connectivity index (χ3n) is 23.8. The first-order valence-corrected chi connectivity index (χ1v) is 50.2. The number of para-hydroxylation sites is 1. The maximum Gasteiger partial charge on any atom is 0.322 e. The first kappa shape index (κ1) is 88.6. The Bertz CT molecular complexity index is 8770. The highest BCUT2D eigenvalue weighted by molar-refractivity contribution is 7.28. The van der Waals surface area contributed by atoms with Gasteiger partial charge in [0.2, 0.25) is 0 Å². The Kier molecular flexibility index (Phi) is 25.2. The van der Waals surface area contributed by atoms with Crippen LogP contribution in [0.25, 0.3) is 176 Å². The van der Waals surface area contributed by atoms with Crippen LogP contribution in [0.1, 0.15) is 82.0 Å². The summed E-state index contributed by atoms with van der Waals surface area (Å²) < 4.78 is 23.2. The van der Waals surface area contributed by atoms with Gasteiger partial charge in [0.25, 0.3) is 0 Å². The van der Waals surface area contributed by atoms with Crippen LogP contribution in [-0.2, 0) is 5.41 Å². The Balaban J connectivity index is 0.0000000980. The molecule has 14 heterocycles. The molecular weight excluding hydrogens is 1790 g/mol. The summed E-state index contributed by atoms with van der Waals surface area (Å²) in [4.78, 5) is 55.4. The molecule has 658 valence electrons. The van der Waals surface area contributed by atoms with Crippen molar-refractivity contribution in [3.63, 3.8) is 0 Å². The Morgan fingerprint density at radius 3 is 1.07 bits per heavy atom. The summed E-state index contributed by atoms with van der Waals surface area (Å²) in [7, 11) is 0. The third kappa shape index (κ3) is 18.3. The monoisotopic (exact) mass is 1880 g/mol. The number of thiophene rings is 7. The van der Waals surface area contributed by atoms with Crippen molar-refractivity contribution in [3.8, 4) is 45.4 Å². The van der Waals surface area contributed by atoms with Gasteiger partial charge >= 0.3 is 6.01 Å². The van der Waals surface area contributed by atoms with E-state index in [9.17, 15) is 0 Å². The smallest absolute Gasteiger partial charge is 0.322 e. The van der Waals surface area contributed by atoms with Crippen LogP contribution in [0.5, 0.6) is 11.8 Å². The lowest BCUT2D eigenvalue weighted by molar-refractivity contribution is 0.443. The fourth-order valence-electron chi connectivity index (χ4n) is 16.8. The molecule has 0 unspecified atom stereocenters. The molecule has 12 aromatic carbocycles. The number of hydrogen-bond donors (Lipinski definition) is 0. The molecule has 0 spiro atoms. The Morgan fingerprint density at radius 2 is 0.585 bits per heavy atom. The first-order valence-electron chi connectivity index (χ1n) is 44.5. The highest BCUT2D eigenvalue weighted by Crippen LogP contribution is 2.44. The number of hydrogen-bond acceptors (Lipinski definition) is 20. The molecule has 0 aliphatic rings. The van der Waals surface area contributed by atoms with Crippen molar-refractivity contribution in [3.05, 3.63) is 396 Å². The lowest BCUT2D eigenvalue weighted by atomic mass is 9.83. The topological polar surface area (TPSA) is 164 Å². The van der Waals surface area contributed by atoms with Crippen molar-refractivity contribution in [2.75, 3.05) is 0 Å². The zero-order valence-corrected chi connectivity index (χ0v) is 82.0. The van der Waals surface area contributed by atoms with Crippen LogP contribution >= 0.6 is 79.4 Å². The predicted molar refractivity (Wildman–Crippen MR) is 578 cm³/mol. The van der Waals surface area contributed by atoms with Gasteiger partial charge in [0.05, 0.1) is 100.0 Å². The molecular formula is C115H90N12OS7. The van der Waals surface area contributed by atoms with Gasteiger partial charge in [-0.2, -0.15) is 9.97 Å². The van der Waals surface area contributed by atoms with E-state index in [0.717, 1.165) is 112 Å². The van der Waals surface area contributed by atoms with Gasteiger partial charge in [-0.1, -0.05) is 248 Å². The van der Waals surface area contributed by atoms with Crippen molar-refractivity contribution in [1.29, 1.82) is 0 Å². The van der Waals surface area contributed by atoms with Crippen LogP contribution in [0.4, 0.5) is 0 Å². The number of aromatic nitrogens is 12. The molecule has 0 atom stereocenters. The fourth-order valence-corrected chi connectivity index (χ4v) is 24.5. The maximum absolute atomic E-state index is 5.77. The first-order chi connectivity index (χ1) is 65.8. The summed E-state index contributed by atoms with van der Waals surface area (Å²) >= 11 is 12.5. The van der Waals surface area contributed by atoms with Crippen molar-refractivity contribution in [2.24, 2.45) is 0 Å². The minimum Gasteiger partial charge on any atom is -0.424 e. The van der Waals surface area contributed by atoms with Gasteiger partial charge in [0.1, 0.15) is 23.2 Å². The number of aryl methyl sites for hydroxylation is 10. The number of rotatable bonds is 7. The molecule has 0 amide bonds. The number of ether oxygens (including phenoxy) is 1. The molecule has 0 saturated heterocycles. The van der Waals surface area contributed by atoms with E-state index >= 15 is 0 Å². The highest BCUT2D eigenvalue weighted by Gasteiger charge is 2.28. The third-order valence-corrected chi connectivity index (χ3v) is 32.7. The molecule has 0 fully saturated rings. The van der Waals surface area contributed by atoms with Crippen LogP contribution in [0.15, 0.2) is 328 Å². The normalized spacial score (nSPS) is 11.4. The molecule has 135 heavy (non-hydrogen) atoms. The SMILES string of the molecule is Cc1ccc(-c2nc(C)c3sc4ccccc4c3n2)cc1.Cc1ccnc2c1sc1cc(-c3ccccc3)ccc12.Cc1ccnc2c1sc1ccc(-c3ccccc3)cc12.Cc1nc(C(C)(C)c2ccccc2)nc2c1sc1ccccc12.Cc1nc(C)c2sc3ccccc3c2n1.Cc1nc(C)c2sc3ccccc3c2n1.Cc1nc(Oc2ccccc2)nc2c1sc1ccccc12. The Morgan fingerprint density at radius 1 is 0.237 bits per heavy atom. The Hall–Kier alpha value is -14.3. The van der Waals surface area contributed by atoms with Gasteiger partial charge < -0.3 is 4.74 Å². The summed E-state index contributed by atoms with van der Waals surface area (Å²) in [6.45, 7) is 24.9. The van der Waals surface area contributed by atoms with Gasteiger partial charge in [0.15, 0.2) is 5.82 Å². The average molecular weight is 1880 g/mol. The van der Waals surface area contributed by atoms with E-state index in [4.69, 9.17) is 24.7 Å². The van der Waals surface area contributed by atoms with Crippen LogP contribution in [0.2, 0.25) is 0 Å². The second-order valence-corrected chi connectivity index (χ2v) is 41.1. The highest BCUT2D eigenvalue weighted by atomic mass is 32.1. The van der Waals surface area contributed by atoms with E-state index in [2.05, 4.69) is 349 Å². The maximum atomic E-state index is 5.77. The lowest BCUT2D eigenvalue weighted by Crippen LogP contribution is -2.22. The molecule has 26 rings (SSSR count). The average Bonchev–Trinajstić information content (AvgIpc) is 1.56. The zero-order chi connectivity index (χ0) is 92.5. The molecule has 0 radical (unpaired) electrons. The van der Waals surface area contributed by atoms with Gasteiger partial charge in [0, 0.05) is 94.0 Å². The summed E-state index contributed by atoms with van der Waals surface area (Å²) in [6.07, 6.45) is 3.80. The molecule has 0 bridgehead atoms. The van der Waals surface area contributed by atoms with Gasteiger partial charge in [-0.25, -0.2) is 39.9 Å². The van der Waals surface area contributed by atoms with Crippen molar-refractivity contribution >= 4 is 221 Å². The van der Waals surface area contributed by atoms with E-state index in [-0.39, 0.29) is 5.41 Å². The minimum atomic E-state index is -0.219. The van der Waals surface area contributed by atoms with Gasteiger partial charge in [-0.05, 0) is 195 Å². The van der Waals surface area contributed by atoms with E-state index in [1.807, 2.05) is 124 Å². The molecule has 26 aromatic rings. The summed E-state index contributed by atoms with van der Waals surface area (Å²) in [6, 6.07) is 109. The second kappa shape index (κ2) is 38.3. The van der Waals surface area contributed by atoms with E-state index in [0.29, 0.717) is 6.01 Å². The van der Waals surface area contributed by atoms with Crippen molar-refractivity contribution in [2.45, 2.75) is 88.5 Å². The van der Waals surface area contributed by atoms with Crippen molar-refractivity contribution < 1.29 is 4.74 Å². The van der Waals surface area contributed by atoms with Gasteiger partial charge in [-0.15, -0.1) is 79.4 Å². The number of nitrogens with zero attached hydrogens (tertiary/aromatic N) is 12. The number of fused-ring (bicyclic) bond motifs is 21. The van der Waals surface area contributed by atoms with E-state index in [1.165, 1.54) is 138 Å². The fraction of sp³-hybridized carbons (Fsp3) is 0.113. The van der Waals surface area contributed by atoms with Crippen LogP contribution in [0, 0.1) is 69.2 Å². The Labute approximate surface area is 809 Å².